The molecule has 2 amide bonds. The van der Waals surface area contributed by atoms with E-state index in [2.05, 4.69) is 10.6 Å². The molecule has 0 aliphatic heterocycles. The average Bonchev–Trinajstić information content (AvgIpc) is 2.80. The summed E-state index contributed by atoms with van der Waals surface area (Å²) in [5.41, 5.74) is 3.36. The standard InChI is InChI=1S/C26H25ClN2O5/c1-16-11-22(12-17(2)25(16)27)33-15-24(31)28-14-20-7-4-5-10-23(20)29-26(32)19-8-6-9-21(13-19)34-18(3)30/h4-13H,14-15H2,1-3H3,(H,28,31)(H,29,32). The Morgan fingerprint density at radius 2 is 1.62 bits per heavy atom. The molecule has 0 aliphatic carbocycles. The number of benzene rings is 3. The Kier molecular flexibility index (Phi) is 8.27. The van der Waals surface area contributed by atoms with Crippen molar-refractivity contribution in [2.24, 2.45) is 0 Å². The number of nitrogens with one attached hydrogen (secondary N) is 2. The molecule has 0 unspecified atom stereocenters. The quantitative estimate of drug-likeness (QED) is 0.356. The number of carbonyl (C=O) groups is 3. The molecule has 3 rings (SSSR count). The first-order chi connectivity index (χ1) is 16.2. The number of esters is 1. The predicted molar refractivity (Wildman–Crippen MR) is 130 cm³/mol. The fourth-order valence-electron chi connectivity index (χ4n) is 3.24. The summed E-state index contributed by atoms with van der Waals surface area (Å²) in [4.78, 5) is 36.2. The zero-order valence-corrected chi connectivity index (χ0v) is 19.9. The molecule has 8 heteroatoms. The van der Waals surface area contributed by atoms with Crippen LogP contribution < -0.4 is 20.1 Å². The fraction of sp³-hybridized carbons (Fsp3) is 0.192. The van der Waals surface area contributed by atoms with Gasteiger partial charge in [0, 0.05) is 29.7 Å². The van der Waals surface area contributed by atoms with Gasteiger partial charge in [0.1, 0.15) is 11.5 Å². The Morgan fingerprint density at radius 1 is 0.912 bits per heavy atom. The van der Waals surface area contributed by atoms with Crippen molar-refractivity contribution in [2.45, 2.75) is 27.3 Å². The van der Waals surface area contributed by atoms with Crippen LogP contribution in [0.2, 0.25) is 5.02 Å². The first kappa shape index (κ1) is 24.8. The molecule has 0 saturated heterocycles. The summed E-state index contributed by atoms with van der Waals surface area (Å²) in [5.74, 6) is -0.293. The summed E-state index contributed by atoms with van der Waals surface area (Å²) in [7, 11) is 0. The lowest BCUT2D eigenvalue weighted by molar-refractivity contribution is -0.131. The zero-order valence-electron chi connectivity index (χ0n) is 19.1. The van der Waals surface area contributed by atoms with E-state index in [1.54, 1.807) is 48.5 Å². The maximum Gasteiger partial charge on any atom is 0.308 e. The normalized spacial score (nSPS) is 10.4. The van der Waals surface area contributed by atoms with Crippen molar-refractivity contribution in [3.05, 3.63) is 87.9 Å². The Bertz CT molecular complexity index is 1200. The predicted octanol–water partition coefficient (Wildman–Crippen LogP) is 4.83. The number of ether oxygens (including phenoxy) is 2. The van der Waals surface area contributed by atoms with Crippen LogP contribution >= 0.6 is 11.6 Å². The lowest BCUT2D eigenvalue weighted by Crippen LogP contribution is -2.29. The van der Waals surface area contributed by atoms with Crippen LogP contribution in [0.1, 0.15) is 34.0 Å². The maximum absolute atomic E-state index is 12.7. The van der Waals surface area contributed by atoms with Gasteiger partial charge in [-0.25, -0.2) is 0 Å². The molecule has 0 aliphatic rings. The van der Waals surface area contributed by atoms with Crippen LogP contribution in [0, 0.1) is 13.8 Å². The van der Waals surface area contributed by atoms with E-state index in [1.807, 2.05) is 19.9 Å². The van der Waals surface area contributed by atoms with E-state index in [0.29, 0.717) is 22.0 Å². The van der Waals surface area contributed by atoms with Crippen molar-refractivity contribution in [1.29, 1.82) is 0 Å². The third-order valence-electron chi connectivity index (χ3n) is 4.88. The minimum absolute atomic E-state index is 0.155. The van der Waals surface area contributed by atoms with Gasteiger partial charge in [0.25, 0.3) is 11.8 Å². The first-order valence-electron chi connectivity index (χ1n) is 10.6. The second-order valence-corrected chi connectivity index (χ2v) is 8.05. The van der Waals surface area contributed by atoms with Gasteiger partial charge in [0.15, 0.2) is 6.61 Å². The van der Waals surface area contributed by atoms with E-state index in [-0.39, 0.29) is 30.7 Å². The molecule has 3 aromatic rings. The van der Waals surface area contributed by atoms with Gasteiger partial charge in [-0.1, -0.05) is 35.9 Å². The van der Waals surface area contributed by atoms with Gasteiger partial charge in [-0.05, 0) is 66.9 Å². The maximum atomic E-state index is 12.7. The molecule has 3 aromatic carbocycles. The Morgan fingerprint density at radius 3 is 2.32 bits per heavy atom. The summed E-state index contributed by atoms with van der Waals surface area (Å²) >= 11 is 6.16. The van der Waals surface area contributed by atoms with Crippen LogP contribution in [0.5, 0.6) is 11.5 Å². The highest BCUT2D eigenvalue weighted by Crippen LogP contribution is 2.26. The number of aryl methyl sites for hydroxylation is 2. The van der Waals surface area contributed by atoms with E-state index in [1.165, 1.54) is 13.0 Å². The van der Waals surface area contributed by atoms with Crippen LogP contribution in [-0.4, -0.2) is 24.4 Å². The van der Waals surface area contributed by atoms with Gasteiger partial charge in [0.2, 0.25) is 0 Å². The topological polar surface area (TPSA) is 93.7 Å². The summed E-state index contributed by atoms with van der Waals surface area (Å²) < 4.78 is 10.6. The first-order valence-corrected chi connectivity index (χ1v) is 10.9. The highest BCUT2D eigenvalue weighted by Gasteiger charge is 2.12. The molecule has 0 heterocycles. The third kappa shape index (κ3) is 6.83. The lowest BCUT2D eigenvalue weighted by Gasteiger charge is -2.13. The number of rotatable bonds is 8. The molecule has 176 valence electrons. The van der Waals surface area contributed by atoms with Crippen molar-refractivity contribution in [2.75, 3.05) is 11.9 Å². The van der Waals surface area contributed by atoms with Gasteiger partial charge < -0.3 is 20.1 Å². The molecule has 0 bridgehead atoms. The SMILES string of the molecule is CC(=O)Oc1cccc(C(=O)Nc2ccccc2CNC(=O)COc2cc(C)c(Cl)c(C)c2)c1. The monoisotopic (exact) mass is 480 g/mol. The molecule has 0 spiro atoms. The van der Waals surface area contributed by atoms with Gasteiger partial charge in [-0.2, -0.15) is 0 Å². The van der Waals surface area contributed by atoms with Crippen molar-refractivity contribution in [1.82, 2.24) is 5.32 Å². The minimum atomic E-state index is -0.469. The van der Waals surface area contributed by atoms with Crippen molar-refractivity contribution in [3.63, 3.8) is 0 Å². The van der Waals surface area contributed by atoms with E-state index in [9.17, 15) is 14.4 Å². The third-order valence-corrected chi connectivity index (χ3v) is 5.48. The summed E-state index contributed by atoms with van der Waals surface area (Å²) in [6.07, 6.45) is 0. The molecule has 0 aromatic heterocycles. The number of hydrogen-bond donors (Lipinski definition) is 2. The summed E-state index contributed by atoms with van der Waals surface area (Å²) in [5, 5.41) is 6.30. The molecule has 0 saturated carbocycles. The van der Waals surface area contributed by atoms with E-state index >= 15 is 0 Å². The number of anilines is 1. The van der Waals surface area contributed by atoms with Crippen LogP contribution in [0.4, 0.5) is 5.69 Å². The number of para-hydroxylation sites is 1. The molecule has 0 fully saturated rings. The molecular weight excluding hydrogens is 456 g/mol. The highest BCUT2D eigenvalue weighted by atomic mass is 35.5. The van der Waals surface area contributed by atoms with Crippen molar-refractivity contribution >= 4 is 35.1 Å². The number of amides is 2. The lowest BCUT2D eigenvalue weighted by atomic mass is 10.1. The van der Waals surface area contributed by atoms with Crippen molar-refractivity contribution < 1.29 is 23.9 Å². The molecule has 0 radical (unpaired) electrons. The van der Waals surface area contributed by atoms with Gasteiger partial charge in [-0.15, -0.1) is 0 Å². The Hall–Kier alpha value is -3.84. The van der Waals surface area contributed by atoms with Gasteiger partial charge in [-0.3, -0.25) is 14.4 Å². The fourth-order valence-corrected chi connectivity index (χ4v) is 3.35. The average molecular weight is 481 g/mol. The van der Waals surface area contributed by atoms with Gasteiger partial charge in [0.05, 0.1) is 0 Å². The van der Waals surface area contributed by atoms with E-state index in [0.717, 1.165) is 16.7 Å². The van der Waals surface area contributed by atoms with Crippen LogP contribution in [0.15, 0.2) is 60.7 Å². The Labute approximate surface area is 203 Å². The van der Waals surface area contributed by atoms with E-state index in [4.69, 9.17) is 21.1 Å². The summed E-state index contributed by atoms with van der Waals surface area (Å²) in [6, 6.07) is 17.0. The van der Waals surface area contributed by atoms with Crippen LogP contribution in [0.25, 0.3) is 0 Å². The highest BCUT2D eigenvalue weighted by molar-refractivity contribution is 6.32. The molecular formula is C26H25ClN2O5. The zero-order chi connectivity index (χ0) is 24.7. The second-order valence-electron chi connectivity index (χ2n) is 7.67. The molecule has 0 atom stereocenters. The van der Waals surface area contributed by atoms with Crippen LogP contribution in [-0.2, 0) is 16.1 Å². The molecule has 7 nitrogen and oxygen atoms in total. The second kappa shape index (κ2) is 11.3. The molecule has 34 heavy (non-hydrogen) atoms. The summed E-state index contributed by atoms with van der Waals surface area (Å²) in [6.45, 7) is 5.09. The smallest absolute Gasteiger partial charge is 0.308 e. The van der Waals surface area contributed by atoms with E-state index < -0.39 is 5.97 Å². The Balaban J connectivity index is 1.59. The van der Waals surface area contributed by atoms with Crippen LogP contribution in [0.3, 0.4) is 0 Å². The largest absolute Gasteiger partial charge is 0.484 e. The van der Waals surface area contributed by atoms with Crippen molar-refractivity contribution in [3.8, 4) is 11.5 Å². The van der Waals surface area contributed by atoms with Gasteiger partial charge >= 0.3 is 5.97 Å². The number of carbonyl (C=O) groups excluding carboxylic acids is 3. The number of halogens is 1. The minimum Gasteiger partial charge on any atom is -0.484 e. The number of hydrogen-bond acceptors (Lipinski definition) is 5. The molecule has 2 N–H and O–H groups in total.